The summed E-state index contributed by atoms with van der Waals surface area (Å²) in [4.78, 5) is 12.2. The van der Waals surface area contributed by atoms with Gasteiger partial charge in [-0.3, -0.25) is 4.79 Å². The number of hydrogen-bond donors (Lipinski definition) is 2. The zero-order valence-electron chi connectivity index (χ0n) is 11.6. The molecule has 2 N–H and O–H groups in total. The number of amides is 1. The second-order valence-electron chi connectivity index (χ2n) is 5.30. The molecular weight excluding hydrogens is 256 g/mol. The van der Waals surface area contributed by atoms with Gasteiger partial charge in [0.15, 0.2) is 0 Å². The molecule has 1 aliphatic carbocycles. The maximum atomic E-state index is 10.9. The summed E-state index contributed by atoms with van der Waals surface area (Å²) >= 11 is 1.88. The van der Waals surface area contributed by atoms with Crippen LogP contribution >= 0.6 is 11.8 Å². The number of benzene rings is 1. The Hall–Kier alpha value is -1.00. The first kappa shape index (κ1) is 14.4. The number of nitrogens with one attached hydrogen (secondary N) is 2. The quantitative estimate of drug-likeness (QED) is 0.753. The molecule has 1 amide bonds. The number of hydrogen-bond acceptors (Lipinski definition) is 3. The van der Waals surface area contributed by atoms with Crippen LogP contribution in [0.2, 0.25) is 0 Å². The molecule has 0 aliphatic heterocycles. The van der Waals surface area contributed by atoms with E-state index in [1.54, 1.807) is 0 Å². The average molecular weight is 278 g/mol. The van der Waals surface area contributed by atoms with Crippen molar-refractivity contribution in [1.82, 2.24) is 5.32 Å². The Labute approximate surface area is 119 Å². The van der Waals surface area contributed by atoms with Crippen molar-refractivity contribution in [2.45, 2.75) is 37.6 Å². The predicted molar refractivity (Wildman–Crippen MR) is 81.7 cm³/mol. The van der Waals surface area contributed by atoms with Gasteiger partial charge < -0.3 is 10.6 Å². The van der Waals surface area contributed by atoms with Crippen LogP contribution in [0, 0.1) is 5.92 Å². The summed E-state index contributed by atoms with van der Waals surface area (Å²) in [7, 11) is 0. The topological polar surface area (TPSA) is 41.1 Å². The maximum absolute atomic E-state index is 10.9. The van der Waals surface area contributed by atoms with Gasteiger partial charge in [0.25, 0.3) is 0 Å². The van der Waals surface area contributed by atoms with Crippen LogP contribution in [-0.2, 0) is 4.79 Å². The molecule has 0 spiro atoms. The van der Waals surface area contributed by atoms with Crippen molar-refractivity contribution in [3.63, 3.8) is 0 Å². The molecule has 104 valence electrons. The number of anilines is 1. The van der Waals surface area contributed by atoms with Crippen LogP contribution in [0.5, 0.6) is 0 Å². The predicted octanol–water partition coefficient (Wildman–Crippen LogP) is 3.13. The molecule has 0 saturated heterocycles. The molecule has 19 heavy (non-hydrogen) atoms. The number of carbonyl (C=O) groups is 1. The first-order valence-corrected chi connectivity index (χ1v) is 7.86. The van der Waals surface area contributed by atoms with Crippen LogP contribution in [0.4, 0.5) is 5.69 Å². The first-order chi connectivity index (χ1) is 9.13. The fourth-order valence-electron chi connectivity index (χ4n) is 1.79. The Morgan fingerprint density at radius 1 is 1.37 bits per heavy atom. The molecule has 0 aromatic heterocycles. The maximum Gasteiger partial charge on any atom is 0.221 e. The number of rotatable bonds is 7. The largest absolute Gasteiger partial charge is 0.326 e. The van der Waals surface area contributed by atoms with Gasteiger partial charge in [0.2, 0.25) is 5.91 Å². The summed E-state index contributed by atoms with van der Waals surface area (Å²) in [5.41, 5.74) is 0.861. The van der Waals surface area contributed by atoms with E-state index in [2.05, 4.69) is 29.7 Å². The van der Waals surface area contributed by atoms with Crippen LogP contribution in [0.1, 0.15) is 26.7 Å². The minimum absolute atomic E-state index is 0.0276. The fraction of sp³-hybridized carbons (Fsp3) is 0.533. The molecule has 1 fully saturated rings. The third-order valence-electron chi connectivity index (χ3n) is 3.04. The minimum atomic E-state index is -0.0276. The summed E-state index contributed by atoms with van der Waals surface area (Å²) in [5, 5.41) is 6.34. The molecule has 3 nitrogen and oxygen atoms in total. The van der Waals surface area contributed by atoms with E-state index in [9.17, 15) is 4.79 Å². The molecule has 1 atom stereocenters. The van der Waals surface area contributed by atoms with Gasteiger partial charge in [0, 0.05) is 29.3 Å². The van der Waals surface area contributed by atoms with Gasteiger partial charge in [0.05, 0.1) is 0 Å². The lowest BCUT2D eigenvalue weighted by molar-refractivity contribution is -0.114. The van der Waals surface area contributed by atoms with Crippen LogP contribution in [0.25, 0.3) is 0 Å². The lowest BCUT2D eigenvalue weighted by Gasteiger charge is -2.12. The molecule has 1 aliphatic rings. The summed E-state index contributed by atoms with van der Waals surface area (Å²) in [5.74, 6) is 1.78. The Morgan fingerprint density at radius 3 is 2.63 bits per heavy atom. The number of thioether (sulfide) groups is 1. The second-order valence-corrected chi connectivity index (χ2v) is 6.40. The summed E-state index contributed by atoms with van der Waals surface area (Å²) < 4.78 is 0. The van der Waals surface area contributed by atoms with Crippen molar-refractivity contribution in [1.29, 1.82) is 0 Å². The van der Waals surface area contributed by atoms with Gasteiger partial charge in [-0.05, 0) is 49.6 Å². The third-order valence-corrected chi connectivity index (χ3v) is 4.38. The van der Waals surface area contributed by atoms with Crippen LogP contribution in [0.3, 0.4) is 0 Å². The highest BCUT2D eigenvalue weighted by atomic mass is 32.2. The van der Waals surface area contributed by atoms with E-state index in [-0.39, 0.29) is 5.91 Å². The van der Waals surface area contributed by atoms with Crippen molar-refractivity contribution in [3.05, 3.63) is 24.3 Å². The van der Waals surface area contributed by atoms with E-state index in [4.69, 9.17) is 0 Å². The van der Waals surface area contributed by atoms with E-state index in [1.807, 2.05) is 23.9 Å². The Balaban J connectivity index is 1.70. The molecule has 1 aromatic rings. The first-order valence-electron chi connectivity index (χ1n) is 6.87. The molecule has 0 heterocycles. The van der Waals surface area contributed by atoms with Gasteiger partial charge in [0.1, 0.15) is 0 Å². The third kappa shape index (κ3) is 5.66. The molecular formula is C15H22N2OS. The van der Waals surface area contributed by atoms with E-state index in [0.717, 1.165) is 24.0 Å². The monoisotopic (exact) mass is 278 g/mol. The van der Waals surface area contributed by atoms with Gasteiger partial charge in [-0.1, -0.05) is 6.92 Å². The normalized spacial score (nSPS) is 16.1. The van der Waals surface area contributed by atoms with E-state index in [0.29, 0.717) is 5.92 Å². The smallest absolute Gasteiger partial charge is 0.221 e. The summed E-state index contributed by atoms with van der Waals surface area (Å²) in [6, 6.07) is 8.84. The van der Waals surface area contributed by atoms with Crippen LogP contribution in [0.15, 0.2) is 29.2 Å². The zero-order chi connectivity index (χ0) is 13.7. The molecule has 0 bridgehead atoms. The Bertz CT molecular complexity index is 415. The van der Waals surface area contributed by atoms with Crippen LogP contribution < -0.4 is 10.6 Å². The summed E-state index contributed by atoms with van der Waals surface area (Å²) in [6.45, 7) is 4.92. The van der Waals surface area contributed by atoms with Gasteiger partial charge >= 0.3 is 0 Å². The van der Waals surface area contributed by atoms with Crippen molar-refractivity contribution in [3.8, 4) is 0 Å². The lowest BCUT2D eigenvalue weighted by Crippen LogP contribution is -2.24. The van der Waals surface area contributed by atoms with Crippen molar-refractivity contribution in [2.24, 2.45) is 5.92 Å². The fourth-order valence-corrected chi connectivity index (χ4v) is 2.71. The highest BCUT2D eigenvalue weighted by molar-refractivity contribution is 7.99. The zero-order valence-corrected chi connectivity index (χ0v) is 12.4. The van der Waals surface area contributed by atoms with Crippen LogP contribution in [-0.4, -0.2) is 24.2 Å². The molecule has 1 aromatic carbocycles. The Kier molecular flexibility index (Phi) is 5.28. The molecule has 1 unspecified atom stereocenters. The van der Waals surface area contributed by atoms with E-state index < -0.39 is 0 Å². The standard InChI is InChI=1S/C15H22N2OS/c1-11(9-16-13-3-4-13)10-19-15-7-5-14(6-8-15)17-12(2)18/h5-8,11,13,16H,3-4,9-10H2,1-2H3,(H,17,18). The molecule has 4 heteroatoms. The Morgan fingerprint density at radius 2 is 2.05 bits per heavy atom. The minimum Gasteiger partial charge on any atom is -0.326 e. The highest BCUT2D eigenvalue weighted by Gasteiger charge is 2.20. The summed E-state index contributed by atoms with van der Waals surface area (Å²) in [6.07, 6.45) is 2.70. The van der Waals surface area contributed by atoms with Gasteiger partial charge in [-0.15, -0.1) is 11.8 Å². The van der Waals surface area contributed by atoms with Crippen molar-refractivity contribution >= 4 is 23.4 Å². The van der Waals surface area contributed by atoms with Crippen molar-refractivity contribution in [2.75, 3.05) is 17.6 Å². The second kappa shape index (κ2) is 6.96. The van der Waals surface area contributed by atoms with Crippen molar-refractivity contribution < 1.29 is 4.79 Å². The molecule has 1 saturated carbocycles. The highest BCUT2D eigenvalue weighted by Crippen LogP contribution is 2.23. The molecule has 0 radical (unpaired) electrons. The van der Waals surface area contributed by atoms with Gasteiger partial charge in [-0.25, -0.2) is 0 Å². The van der Waals surface area contributed by atoms with E-state index in [1.165, 1.54) is 24.7 Å². The average Bonchev–Trinajstić information content (AvgIpc) is 3.19. The molecule has 2 rings (SSSR count). The van der Waals surface area contributed by atoms with E-state index >= 15 is 0 Å². The van der Waals surface area contributed by atoms with Gasteiger partial charge in [-0.2, -0.15) is 0 Å². The SMILES string of the molecule is CC(=O)Nc1ccc(SCC(C)CNC2CC2)cc1. The lowest BCUT2D eigenvalue weighted by atomic mass is 10.2. The number of carbonyl (C=O) groups excluding carboxylic acids is 1.